The Hall–Kier alpha value is -1.63. The van der Waals surface area contributed by atoms with Gasteiger partial charge in [0.1, 0.15) is 6.04 Å². The average Bonchev–Trinajstić information content (AvgIpc) is 3.33. The van der Waals surface area contributed by atoms with Gasteiger partial charge in [-0.1, -0.05) is 6.07 Å². The molecule has 0 spiro atoms. The lowest BCUT2D eigenvalue weighted by Gasteiger charge is -2.29. The highest BCUT2D eigenvalue weighted by Crippen LogP contribution is 2.21. The highest BCUT2D eigenvalue weighted by atomic mass is 35.5. The van der Waals surface area contributed by atoms with E-state index in [0.717, 1.165) is 18.4 Å². The Labute approximate surface area is 148 Å². The van der Waals surface area contributed by atoms with Crippen LogP contribution in [0.3, 0.4) is 0 Å². The van der Waals surface area contributed by atoms with Gasteiger partial charge in [0.05, 0.1) is 12.7 Å². The van der Waals surface area contributed by atoms with Crippen LogP contribution in [0.4, 0.5) is 5.69 Å². The van der Waals surface area contributed by atoms with E-state index in [0.29, 0.717) is 30.4 Å². The summed E-state index contributed by atoms with van der Waals surface area (Å²) in [7, 11) is 0. The van der Waals surface area contributed by atoms with Gasteiger partial charge in [-0.3, -0.25) is 9.59 Å². The van der Waals surface area contributed by atoms with Crippen LogP contribution in [0, 0.1) is 6.92 Å². The molecule has 7 heteroatoms. The first-order valence-corrected chi connectivity index (χ1v) is 8.12. The lowest BCUT2D eigenvalue weighted by Crippen LogP contribution is -2.53. The summed E-state index contributed by atoms with van der Waals surface area (Å²) >= 11 is 0. The molecule has 2 fully saturated rings. The number of rotatable bonds is 4. The average molecular weight is 354 g/mol. The zero-order valence-electron chi connectivity index (χ0n) is 13.9. The zero-order chi connectivity index (χ0) is 16.4. The van der Waals surface area contributed by atoms with E-state index in [1.54, 1.807) is 12.1 Å². The van der Waals surface area contributed by atoms with Gasteiger partial charge in [-0.05, 0) is 44.4 Å². The molecule has 1 saturated heterocycles. The highest BCUT2D eigenvalue weighted by Gasteiger charge is 2.29. The van der Waals surface area contributed by atoms with Crippen LogP contribution in [0.15, 0.2) is 18.2 Å². The number of hydrogen-bond donors (Lipinski definition) is 3. The fraction of sp³-hybridized carbons (Fsp3) is 0.529. The van der Waals surface area contributed by atoms with E-state index in [1.807, 2.05) is 19.9 Å². The molecular weight excluding hydrogens is 330 g/mol. The van der Waals surface area contributed by atoms with Crippen LogP contribution >= 0.6 is 12.4 Å². The summed E-state index contributed by atoms with van der Waals surface area (Å²) in [5.41, 5.74) is 2.16. The van der Waals surface area contributed by atoms with Gasteiger partial charge < -0.3 is 20.7 Å². The van der Waals surface area contributed by atoms with E-state index in [4.69, 9.17) is 4.74 Å². The predicted octanol–water partition coefficient (Wildman–Crippen LogP) is 1.62. The maximum atomic E-state index is 12.4. The Morgan fingerprint density at radius 2 is 2.04 bits per heavy atom. The molecule has 1 saturated carbocycles. The van der Waals surface area contributed by atoms with E-state index in [9.17, 15) is 9.59 Å². The molecule has 3 rings (SSSR count). The molecule has 24 heavy (non-hydrogen) atoms. The number of carbonyl (C=O) groups excluding carboxylic acids is 2. The number of hydrogen-bond acceptors (Lipinski definition) is 4. The summed E-state index contributed by atoms with van der Waals surface area (Å²) < 4.78 is 5.50. The van der Waals surface area contributed by atoms with Gasteiger partial charge in [-0.2, -0.15) is 0 Å². The van der Waals surface area contributed by atoms with Crippen molar-refractivity contribution in [2.75, 3.05) is 18.5 Å². The van der Waals surface area contributed by atoms with Gasteiger partial charge in [0, 0.05) is 23.8 Å². The summed E-state index contributed by atoms with van der Waals surface area (Å²) in [5.74, 6) is -0.226. The molecule has 1 heterocycles. The number of carbonyl (C=O) groups is 2. The van der Waals surface area contributed by atoms with Gasteiger partial charge in [-0.25, -0.2) is 0 Å². The predicted molar refractivity (Wildman–Crippen MR) is 94.7 cm³/mol. The molecule has 1 aliphatic heterocycles. The van der Waals surface area contributed by atoms with Gasteiger partial charge >= 0.3 is 0 Å². The third-order valence-corrected chi connectivity index (χ3v) is 4.27. The third kappa shape index (κ3) is 4.47. The van der Waals surface area contributed by atoms with E-state index in [-0.39, 0.29) is 36.4 Å². The van der Waals surface area contributed by atoms with E-state index < -0.39 is 0 Å². The molecule has 0 radical (unpaired) electrons. The van der Waals surface area contributed by atoms with Crippen LogP contribution < -0.4 is 16.0 Å². The number of benzene rings is 1. The maximum Gasteiger partial charge on any atom is 0.251 e. The molecule has 0 aromatic heterocycles. The minimum absolute atomic E-state index is 0. The van der Waals surface area contributed by atoms with E-state index in [1.165, 1.54) is 0 Å². The van der Waals surface area contributed by atoms with Crippen LogP contribution in [0.25, 0.3) is 0 Å². The topological polar surface area (TPSA) is 79.5 Å². The lowest BCUT2D eigenvalue weighted by atomic mass is 10.1. The summed E-state index contributed by atoms with van der Waals surface area (Å²) in [6.45, 7) is 5.06. The van der Waals surface area contributed by atoms with Crippen molar-refractivity contribution < 1.29 is 14.3 Å². The molecule has 132 valence electrons. The molecule has 6 nitrogen and oxygen atoms in total. The van der Waals surface area contributed by atoms with Crippen LogP contribution in [0.2, 0.25) is 0 Å². The van der Waals surface area contributed by atoms with Gasteiger partial charge in [0.15, 0.2) is 0 Å². The second kappa shape index (κ2) is 7.96. The number of aryl methyl sites for hydroxylation is 1. The Morgan fingerprint density at radius 3 is 2.71 bits per heavy atom. The number of halogens is 1. The van der Waals surface area contributed by atoms with Gasteiger partial charge in [0.2, 0.25) is 5.91 Å². The Kier molecular flexibility index (Phi) is 6.21. The molecular formula is C17H24ClN3O3. The number of anilines is 1. The maximum absolute atomic E-state index is 12.4. The van der Waals surface area contributed by atoms with Crippen molar-refractivity contribution in [2.24, 2.45) is 0 Å². The summed E-state index contributed by atoms with van der Waals surface area (Å²) in [4.78, 5) is 24.6. The second-order valence-electron chi connectivity index (χ2n) is 6.27. The minimum Gasteiger partial charge on any atom is -0.375 e. The fourth-order valence-electron chi connectivity index (χ4n) is 2.63. The standard InChI is InChI=1S/C17H23N3O3.ClH/c1-10-3-4-12(16(21)19-13-5-6-13)9-14(10)20-17(22)15-11(2)23-8-7-18-15;/h3-4,9,11,13,15,18H,5-8H2,1-2H3,(H,19,21)(H,20,22);1H/t11-,15+;/m1./s1. The van der Waals surface area contributed by atoms with Crippen LogP contribution in [0.5, 0.6) is 0 Å². The summed E-state index contributed by atoms with van der Waals surface area (Å²) in [6, 6.07) is 5.30. The first-order chi connectivity index (χ1) is 11.0. The number of ether oxygens (including phenoxy) is 1. The molecule has 1 aliphatic carbocycles. The zero-order valence-corrected chi connectivity index (χ0v) is 14.7. The van der Waals surface area contributed by atoms with Crippen molar-refractivity contribution in [1.82, 2.24) is 10.6 Å². The quantitative estimate of drug-likeness (QED) is 0.768. The molecule has 2 aliphatic rings. The van der Waals surface area contributed by atoms with Crippen LogP contribution in [0.1, 0.15) is 35.7 Å². The molecule has 2 atom stereocenters. The van der Waals surface area contributed by atoms with Crippen molar-refractivity contribution in [3.05, 3.63) is 29.3 Å². The lowest BCUT2D eigenvalue weighted by molar-refractivity contribution is -0.123. The molecule has 2 amide bonds. The number of morpholine rings is 1. The van der Waals surface area contributed by atoms with E-state index in [2.05, 4.69) is 16.0 Å². The monoisotopic (exact) mass is 353 g/mol. The first-order valence-electron chi connectivity index (χ1n) is 8.12. The number of nitrogens with one attached hydrogen (secondary N) is 3. The molecule has 0 bridgehead atoms. The largest absolute Gasteiger partial charge is 0.375 e. The Morgan fingerprint density at radius 1 is 1.29 bits per heavy atom. The van der Waals surface area contributed by atoms with E-state index >= 15 is 0 Å². The van der Waals surface area contributed by atoms with Crippen LogP contribution in [-0.4, -0.2) is 43.2 Å². The molecule has 1 aromatic rings. The Bertz CT molecular complexity index is 619. The highest BCUT2D eigenvalue weighted by molar-refractivity contribution is 5.99. The van der Waals surface area contributed by atoms with Gasteiger partial charge in [0.25, 0.3) is 5.91 Å². The summed E-state index contributed by atoms with van der Waals surface area (Å²) in [6.07, 6.45) is 1.92. The smallest absolute Gasteiger partial charge is 0.251 e. The van der Waals surface area contributed by atoms with Crippen molar-refractivity contribution >= 4 is 29.9 Å². The second-order valence-corrected chi connectivity index (χ2v) is 6.27. The van der Waals surface area contributed by atoms with Crippen molar-refractivity contribution in [2.45, 2.75) is 44.9 Å². The Balaban J connectivity index is 0.00000208. The normalized spacial score (nSPS) is 23.1. The number of amides is 2. The van der Waals surface area contributed by atoms with Crippen LogP contribution in [-0.2, 0) is 9.53 Å². The SMILES string of the molecule is Cc1ccc(C(=O)NC2CC2)cc1NC(=O)[C@H]1NCCO[C@@H]1C.Cl. The first kappa shape index (κ1) is 18.7. The molecule has 0 unspecified atom stereocenters. The summed E-state index contributed by atoms with van der Waals surface area (Å²) in [5, 5.41) is 9.03. The minimum atomic E-state index is -0.382. The molecule has 3 N–H and O–H groups in total. The van der Waals surface area contributed by atoms with Gasteiger partial charge in [-0.15, -0.1) is 12.4 Å². The molecule has 1 aromatic carbocycles. The third-order valence-electron chi connectivity index (χ3n) is 4.27. The van der Waals surface area contributed by atoms with Crippen molar-refractivity contribution in [3.8, 4) is 0 Å². The fourth-order valence-corrected chi connectivity index (χ4v) is 2.63. The van der Waals surface area contributed by atoms with Crippen molar-refractivity contribution in [3.63, 3.8) is 0 Å². The van der Waals surface area contributed by atoms with Crippen molar-refractivity contribution in [1.29, 1.82) is 0 Å².